The van der Waals surface area contributed by atoms with Gasteiger partial charge in [0.15, 0.2) is 0 Å². The number of aromatic nitrogens is 1. The summed E-state index contributed by atoms with van der Waals surface area (Å²) >= 11 is 6.14. The summed E-state index contributed by atoms with van der Waals surface area (Å²) in [4.78, 5) is 15.2. The summed E-state index contributed by atoms with van der Waals surface area (Å²) in [5.74, 6) is 0.0941. The maximum Gasteiger partial charge on any atom is 0.254 e. The molecule has 0 bridgehead atoms. The largest absolute Gasteiger partial charge is 0.345 e. The van der Waals surface area contributed by atoms with E-state index in [1.165, 1.54) is 0 Å². The van der Waals surface area contributed by atoms with Gasteiger partial charge in [-0.1, -0.05) is 61.2 Å². The van der Waals surface area contributed by atoms with Crippen molar-refractivity contribution >= 4 is 17.5 Å². The molecule has 0 atom stereocenters. The van der Waals surface area contributed by atoms with E-state index in [4.69, 9.17) is 11.6 Å². The van der Waals surface area contributed by atoms with Gasteiger partial charge in [0.1, 0.15) is 0 Å². The SMILES string of the molecule is CCCCCN(Cc1cccn1Cc1cccc(Cl)c1)C(=O)c1ccc(C)cc1. The summed E-state index contributed by atoms with van der Waals surface area (Å²) in [6.45, 7) is 6.33. The second-order valence-electron chi connectivity index (χ2n) is 7.56. The number of nitrogens with zero attached hydrogens (tertiary/aromatic N) is 2. The fourth-order valence-electron chi connectivity index (χ4n) is 3.46. The average molecular weight is 409 g/mol. The molecule has 0 aliphatic carbocycles. The molecule has 0 radical (unpaired) electrons. The normalized spacial score (nSPS) is 10.9. The van der Waals surface area contributed by atoms with Crippen molar-refractivity contribution < 1.29 is 4.79 Å². The molecule has 152 valence electrons. The third kappa shape index (κ3) is 5.98. The first-order chi connectivity index (χ1) is 14.1. The van der Waals surface area contributed by atoms with Crippen molar-refractivity contribution in [1.82, 2.24) is 9.47 Å². The standard InChI is InChI=1S/C25H29ClN2O/c1-3-4-5-15-28(25(29)22-13-11-20(2)12-14-22)19-24-10-7-16-27(24)18-21-8-6-9-23(26)17-21/h6-14,16-17H,3-5,15,18-19H2,1-2H3. The van der Waals surface area contributed by atoms with E-state index in [1.807, 2.05) is 60.4 Å². The number of amides is 1. The fourth-order valence-corrected chi connectivity index (χ4v) is 3.67. The predicted octanol–water partition coefficient (Wildman–Crippen LogP) is 6.33. The zero-order chi connectivity index (χ0) is 20.6. The minimum Gasteiger partial charge on any atom is -0.345 e. The number of rotatable bonds is 9. The molecule has 3 rings (SSSR count). The monoisotopic (exact) mass is 408 g/mol. The van der Waals surface area contributed by atoms with Crippen LogP contribution in [0.5, 0.6) is 0 Å². The van der Waals surface area contributed by atoms with E-state index < -0.39 is 0 Å². The Bertz CT molecular complexity index is 930. The maximum absolute atomic E-state index is 13.2. The van der Waals surface area contributed by atoms with Crippen LogP contribution >= 0.6 is 11.6 Å². The maximum atomic E-state index is 13.2. The molecule has 0 N–H and O–H groups in total. The lowest BCUT2D eigenvalue weighted by atomic mass is 10.1. The molecule has 0 fully saturated rings. The first-order valence-electron chi connectivity index (χ1n) is 10.3. The molecule has 1 heterocycles. The van der Waals surface area contributed by atoms with Gasteiger partial charge in [-0.3, -0.25) is 4.79 Å². The lowest BCUT2D eigenvalue weighted by Gasteiger charge is -2.24. The van der Waals surface area contributed by atoms with E-state index >= 15 is 0 Å². The minimum absolute atomic E-state index is 0.0941. The highest BCUT2D eigenvalue weighted by Crippen LogP contribution is 2.17. The topological polar surface area (TPSA) is 25.2 Å². The summed E-state index contributed by atoms with van der Waals surface area (Å²) in [5, 5.41) is 0.743. The molecule has 0 saturated carbocycles. The van der Waals surface area contributed by atoms with Crippen molar-refractivity contribution in [3.63, 3.8) is 0 Å². The zero-order valence-corrected chi connectivity index (χ0v) is 18.0. The Balaban J connectivity index is 1.78. The van der Waals surface area contributed by atoms with Gasteiger partial charge >= 0.3 is 0 Å². The Labute approximate surface area is 178 Å². The molecule has 0 spiro atoms. The lowest BCUT2D eigenvalue weighted by Crippen LogP contribution is -2.32. The van der Waals surface area contributed by atoms with Crippen LogP contribution in [0.2, 0.25) is 5.02 Å². The number of carbonyl (C=O) groups is 1. The van der Waals surface area contributed by atoms with Crippen LogP contribution in [-0.2, 0) is 13.1 Å². The Hall–Kier alpha value is -2.52. The molecule has 4 heteroatoms. The van der Waals surface area contributed by atoms with Crippen LogP contribution in [0.3, 0.4) is 0 Å². The first kappa shape index (κ1) is 21.2. The molecule has 1 amide bonds. The minimum atomic E-state index is 0.0941. The Kier molecular flexibility index (Phi) is 7.54. The molecule has 3 aromatic rings. The second-order valence-corrected chi connectivity index (χ2v) is 7.99. The Morgan fingerprint density at radius 3 is 2.55 bits per heavy atom. The highest BCUT2D eigenvalue weighted by molar-refractivity contribution is 6.30. The van der Waals surface area contributed by atoms with Crippen LogP contribution in [0.15, 0.2) is 66.9 Å². The van der Waals surface area contributed by atoms with Gasteiger partial charge in [0.25, 0.3) is 5.91 Å². The second kappa shape index (κ2) is 10.3. The predicted molar refractivity (Wildman–Crippen MR) is 120 cm³/mol. The highest BCUT2D eigenvalue weighted by atomic mass is 35.5. The molecule has 2 aromatic carbocycles. The van der Waals surface area contributed by atoms with Crippen LogP contribution < -0.4 is 0 Å². The summed E-state index contributed by atoms with van der Waals surface area (Å²) in [6.07, 6.45) is 5.35. The third-order valence-electron chi connectivity index (χ3n) is 5.14. The van der Waals surface area contributed by atoms with Crippen LogP contribution in [0.1, 0.15) is 53.4 Å². The van der Waals surface area contributed by atoms with Crippen molar-refractivity contribution in [2.45, 2.75) is 46.2 Å². The number of carbonyl (C=O) groups excluding carboxylic acids is 1. The van der Waals surface area contributed by atoms with Crippen LogP contribution in [0, 0.1) is 6.92 Å². The smallest absolute Gasteiger partial charge is 0.254 e. The van der Waals surface area contributed by atoms with Crippen molar-refractivity contribution in [2.75, 3.05) is 6.54 Å². The van der Waals surface area contributed by atoms with Gasteiger partial charge in [-0.05, 0) is 55.3 Å². The van der Waals surface area contributed by atoms with Crippen LogP contribution in [-0.4, -0.2) is 21.9 Å². The number of halogens is 1. The number of hydrogen-bond acceptors (Lipinski definition) is 1. The molecule has 0 saturated heterocycles. The van der Waals surface area contributed by atoms with Crippen molar-refractivity contribution in [2.24, 2.45) is 0 Å². The van der Waals surface area contributed by atoms with Gasteiger partial charge in [0.2, 0.25) is 0 Å². The Morgan fingerprint density at radius 2 is 1.83 bits per heavy atom. The number of unbranched alkanes of at least 4 members (excludes halogenated alkanes) is 2. The molecule has 3 nitrogen and oxygen atoms in total. The summed E-state index contributed by atoms with van der Waals surface area (Å²) < 4.78 is 2.20. The van der Waals surface area contributed by atoms with E-state index in [9.17, 15) is 4.79 Å². The fraction of sp³-hybridized carbons (Fsp3) is 0.320. The molecular formula is C25H29ClN2O. The average Bonchev–Trinajstić information content (AvgIpc) is 3.14. The van der Waals surface area contributed by atoms with Gasteiger partial charge < -0.3 is 9.47 Å². The van der Waals surface area contributed by atoms with Gasteiger partial charge in [0, 0.05) is 35.6 Å². The quantitative estimate of drug-likeness (QED) is 0.379. The molecular weight excluding hydrogens is 380 g/mol. The molecule has 0 unspecified atom stereocenters. The number of benzene rings is 2. The third-order valence-corrected chi connectivity index (χ3v) is 5.37. The molecule has 0 aliphatic rings. The molecule has 1 aromatic heterocycles. The van der Waals surface area contributed by atoms with Gasteiger partial charge in [-0.25, -0.2) is 0 Å². The van der Waals surface area contributed by atoms with Crippen molar-refractivity contribution in [1.29, 1.82) is 0 Å². The van der Waals surface area contributed by atoms with E-state index in [1.54, 1.807) is 0 Å². The van der Waals surface area contributed by atoms with Gasteiger partial charge in [0.05, 0.1) is 6.54 Å². The highest BCUT2D eigenvalue weighted by Gasteiger charge is 2.17. The molecule has 0 aliphatic heterocycles. The van der Waals surface area contributed by atoms with Gasteiger partial charge in [-0.15, -0.1) is 0 Å². The van der Waals surface area contributed by atoms with E-state index in [0.717, 1.165) is 59.8 Å². The summed E-state index contributed by atoms with van der Waals surface area (Å²) in [5.41, 5.74) is 4.19. The number of aryl methyl sites for hydroxylation is 1. The summed E-state index contributed by atoms with van der Waals surface area (Å²) in [7, 11) is 0. The van der Waals surface area contributed by atoms with E-state index in [0.29, 0.717) is 6.54 Å². The van der Waals surface area contributed by atoms with E-state index in [2.05, 4.69) is 29.8 Å². The van der Waals surface area contributed by atoms with Crippen molar-refractivity contribution in [3.05, 3.63) is 94.3 Å². The van der Waals surface area contributed by atoms with Crippen LogP contribution in [0.4, 0.5) is 0 Å². The zero-order valence-electron chi connectivity index (χ0n) is 17.3. The van der Waals surface area contributed by atoms with Crippen molar-refractivity contribution in [3.8, 4) is 0 Å². The first-order valence-corrected chi connectivity index (χ1v) is 10.7. The summed E-state index contributed by atoms with van der Waals surface area (Å²) in [6, 6.07) is 19.9. The number of hydrogen-bond donors (Lipinski definition) is 0. The molecule has 29 heavy (non-hydrogen) atoms. The van der Waals surface area contributed by atoms with Gasteiger partial charge in [-0.2, -0.15) is 0 Å². The van der Waals surface area contributed by atoms with Crippen LogP contribution in [0.25, 0.3) is 0 Å². The lowest BCUT2D eigenvalue weighted by molar-refractivity contribution is 0.0736. The van der Waals surface area contributed by atoms with E-state index in [-0.39, 0.29) is 5.91 Å². The Morgan fingerprint density at radius 1 is 1.03 bits per heavy atom.